The van der Waals surface area contributed by atoms with Gasteiger partial charge in [0, 0.05) is 0 Å². The van der Waals surface area contributed by atoms with Crippen molar-refractivity contribution in [3.8, 4) is 5.75 Å². The normalized spacial score (nSPS) is 11.5. The number of aromatic nitrogens is 2. The Morgan fingerprint density at radius 3 is 2.53 bits per heavy atom. The Bertz CT molecular complexity index is 1230. The molecule has 170 valence electrons. The van der Waals surface area contributed by atoms with Crippen molar-refractivity contribution < 1.29 is 18.3 Å². The molecule has 1 heterocycles. The standard InChI is InChI=1S/C22H25ClN4O4S/c1-13(2)32(29,30)20-8-6-5-7-17(20)25-21-16(23)11-24-22(27-21)26-18-9-14(3)15(12-28)10-19(18)31-4/h5-11,13,28H,12H2,1-4H3,(H2,24,25,26,27). The predicted molar refractivity (Wildman–Crippen MR) is 126 cm³/mol. The molecule has 2 aromatic carbocycles. The Kier molecular flexibility index (Phi) is 7.22. The Labute approximate surface area is 192 Å². The molecule has 0 amide bonds. The summed E-state index contributed by atoms with van der Waals surface area (Å²) in [4.78, 5) is 8.78. The fourth-order valence-electron chi connectivity index (χ4n) is 3.00. The van der Waals surface area contributed by atoms with Crippen molar-refractivity contribution >= 4 is 44.6 Å². The van der Waals surface area contributed by atoms with Crippen molar-refractivity contribution in [2.45, 2.75) is 37.5 Å². The second-order valence-electron chi connectivity index (χ2n) is 7.37. The first-order valence-corrected chi connectivity index (χ1v) is 11.8. The third-order valence-corrected chi connectivity index (χ3v) is 7.37. The van der Waals surface area contributed by atoms with Crippen LogP contribution in [0.15, 0.2) is 47.5 Å². The molecular weight excluding hydrogens is 452 g/mol. The van der Waals surface area contributed by atoms with Gasteiger partial charge in [0.15, 0.2) is 15.7 Å². The summed E-state index contributed by atoms with van der Waals surface area (Å²) in [6.45, 7) is 5.02. The molecule has 0 fully saturated rings. The number of nitrogens with zero attached hydrogens (tertiary/aromatic N) is 2. The Morgan fingerprint density at radius 2 is 1.88 bits per heavy atom. The summed E-state index contributed by atoms with van der Waals surface area (Å²) in [5.41, 5.74) is 2.59. The molecule has 32 heavy (non-hydrogen) atoms. The van der Waals surface area contributed by atoms with Gasteiger partial charge in [-0.1, -0.05) is 23.7 Å². The minimum Gasteiger partial charge on any atom is -0.495 e. The average Bonchev–Trinajstić information content (AvgIpc) is 2.76. The fraction of sp³-hybridized carbons (Fsp3) is 0.273. The van der Waals surface area contributed by atoms with E-state index in [0.29, 0.717) is 17.1 Å². The summed E-state index contributed by atoms with van der Waals surface area (Å²) < 4.78 is 30.9. The molecule has 0 aliphatic heterocycles. The number of benzene rings is 2. The van der Waals surface area contributed by atoms with E-state index in [9.17, 15) is 13.5 Å². The second-order valence-corrected chi connectivity index (χ2v) is 10.2. The minimum absolute atomic E-state index is 0.104. The summed E-state index contributed by atoms with van der Waals surface area (Å²) in [6, 6.07) is 10.1. The summed E-state index contributed by atoms with van der Waals surface area (Å²) >= 11 is 6.28. The topological polar surface area (TPSA) is 113 Å². The lowest BCUT2D eigenvalue weighted by Gasteiger charge is -2.16. The molecule has 0 aliphatic rings. The molecule has 0 saturated heterocycles. The van der Waals surface area contributed by atoms with Gasteiger partial charge < -0.3 is 20.5 Å². The van der Waals surface area contributed by atoms with Crippen LogP contribution in [0.25, 0.3) is 0 Å². The number of aliphatic hydroxyl groups excluding tert-OH is 1. The van der Waals surface area contributed by atoms with Gasteiger partial charge in [-0.2, -0.15) is 4.98 Å². The molecule has 3 rings (SSSR count). The smallest absolute Gasteiger partial charge is 0.229 e. The van der Waals surface area contributed by atoms with Gasteiger partial charge in [-0.3, -0.25) is 0 Å². The van der Waals surface area contributed by atoms with Crippen LogP contribution in [0.4, 0.5) is 23.1 Å². The molecule has 8 nitrogen and oxygen atoms in total. The van der Waals surface area contributed by atoms with Crippen molar-refractivity contribution in [3.63, 3.8) is 0 Å². The van der Waals surface area contributed by atoms with Gasteiger partial charge in [0.05, 0.1) is 41.4 Å². The van der Waals surface area contributed by atoms with Crippen LogP contribution >= 0.6 is 11.6 Å². The molecule has 0 unspecified atom stereocenters. The van der Waals surface area contributed by atoms with E-state index in [2.05, 4.69) is 20.6 Å². The average molecular weight is 477 g/mol. The van der Waals surface area contributed by atoms with Gasteiger partial charge in [0.2, 0.25) is 5.95 Å². The summed E-state index contributed by atoms with van der Waals surface area (Å²) in [5, 5.41) is 15.2. The number of anilines is 4. The van der Waals surface area contributed by atoms with Crippen LogP contribution in [0.2, 0.25) is 5.02 Å². The minimum atomic E-state index is -3.52. The molecule has 10 heteroatoms. The number of rotatable bonds is 8. The summed E-state index contributed by atoms with van der Waals surface area (Å²) in [6.07, 6.45) is 1.42. The van der Waals surface area contributed by atoms with Gasteiger partial charge in [-0.25, -0.2) is 13.4 Å². The number of nitrogens with one attached hydrogen (secondary N) is 2. The lowest BCUT2D eigenvalue weighted by Crippen LogP contribution is -2.15. The number of aryl methyl sites for hydroxylation is 1. The van der Waals surface area contributed by atoms with E-state index >= 15 is 0 Å². The van der Waals surface area contributed by atoms with Crippen molar-refractivity contribution in [2.24, 2.45) is 0 Å². The van der Waals surface area contributed by atoms with Crippen molar-refractivity contribution in [3.05, 3.63) is 58.7 Å². The molecule has 0 atom stereocenters. The zero-order valence-corrected chi connectivity index (χ0v) is 19.8. The van der Waals surface area contributed by atoms with Crippen LogP contribution in [0, 0.1) is 6.92 Å². The van der Waals surface area contributed by atoms with E-state index in [4.69, 9.17) is 16.3 Å². The van der Waals surface area contributed by atoms with Crippen LogP contribution in [0.3, 0.4) is 0 Å². The zero-order chi connectivity index (χ0) is 23.5. The third-order valence-electron chi connectivity index (χ3n) is 4.89. The van der Waals surface area contributed by atoms with E-state index in [1.54, 1.807) is 44.2 Å². The monoisotopic (exact) mass is 476 g/mol. The van der Waals surface area contributed by atoms with Crippen molar-refractivity contribution in [1.29, 1.82) is 0 Å². The largest absolute Gasteiger partial charge is 0.495 e. The number of para-hydroxylation sites is 1. The second kappa shape index (κ2) is 9.72. The Hall–Kier alpha value is -2.88. The number of sulfone groups is 1. The first-order valence-electron chi connectivity index (χ1n) is 9.85. The number of hydrogen-bond donors (Lipinski definition) is 3. The maximum atomic E-state index is 12.7. The number of ether oxygens (including phenoxy) is 1. The van der Waals surface area contributed by atoms with Crippen LogP contribution in [0.5, 0.6) is 5.75 Å². The maximum Gasteiger partial charge on any atom is 0.229 e. The molecule has 0 aliphatic carbocycles. The predicted octanol–water partition coefficient (Wildman–Crippen LogP) is 4.61. The highest BCUT2D eigenvalue weighted by atomic mass is 35.5. The molecular formula is C22H25ClN4O4S. The van der Waals surface area contributed by atoms with E-state index in [-0.39, 0.29) is 28.3 Å². The van der Waals surface area contributed by atoms with Crippen molar-refractivity contribution in [2.75, 3.05) is 17.7 Å². The number of methoxy groups -OCH3 is 1. The lowest BCUT2D eigenvalue weighted by atomic mass is 10.1. The molecule has 0 spiro atoms. The zero-order valence-electron chi connectivity index (χ0n) is 18.2. The highest BCUT2D eigenvalue weighted by molar-refractivity contribution is 7.92. The highest BCUT2D eigenvalue weighted by Gasteiger charge is 2.23. The van der Waals surface area contributed by atoms with Gasteiger partial charge in [0.1, 0.15) is 10.8 Å². The molecule has 0 bridgehead atoms. The number of aliphatic hydroxyl groups is 1. The van der Waals surface area contributed by atoms with Crippen molar-refractivity contribution in [1.82, 2.24) is 9.97 Å². The van der Waals surface area contributed by atoms with E-state index in [0.717, 1.165) is 11.1 Å². The van der Waals surface area contributed by atoms with Crippen LogP contribution < -0.4 is 15.4 Å². The molecule has 1 aromatic heterocycles. The molecule has 0 radical (unpaired) electrons. The number of halogens is 1. The molecule has 3 N–H and O–H groups in total. The summed E-state index contributed by atoms with van der Waals surface area (Å²) in [7, 11) is -1.99. The maximum absolute atomic E-state index is 12.7. The van der Waals surface area contributed by atoms with Gasteiger partial charge >= 0.3 is 0 Å². The van der Waals surface area contributed by atoms with Gasteiger partial charge in [-0.15, -0.1) is 0 Å². The Balaban J connectivity index is 1.96. The Morgan fingerprint density at radius 1 is 1.16 bits per heavy atom. The quantitative estimate of drug-likeness (QED) is 0.432. The first kappa shape index (κ1) is 23.8. The lowest BCUT2D eigenvalue weighted by molar-refractivity contribution is 0.280. The van der Waals surface area contributed by atoms with Gasteiger partial charge in [0.25, 0.3) is 0 Å². The third kappa shape index (κ3) is 4.95. The molecule has 0 saturated carbocycles. The molecule has 3 aromatic rings. The SMILES string of the molecule is COc1cc(CO)c(C)cc1Nc1ncc(Cl)c(Nc2ccccc2S(=O)(=O)C(C)C)n1. The van der Waals surface area contributed by atoms with Crippen LogP contribution in [-0.4, -0.2) is 35.9 Å². The van der Waals surface area contributed by atoms with Crippen LogP contribution in [0.1, 0.15) is 25.0 Å². The highest BCUT2D eigenvalue weighted by Crippen LogP contribution is 2.33. The van der Waals surface area contributed by atoms with Crippen LogP contribution in [-0.2, 0) is 16.4 Å². The van der Waals surface area contributed by atoms with E-state index < -0.39 is 15.1 Å². The number of hydrogen-bond acceptors (Lipinski definition) is 8. The summed E-state index contributed by atoms with van der Waals surface area (Å²) in [5.74, 6) is 0.995. The van der Waals surface area contributed by atoms with E-state index in [1.165, 1.54) is 13.3 Å². The van der Waals surface area contributed by atoms with E-state index in [1.807, 2.05) is 13.0 Å². The fourth-order valence-corrected chi connectivity index (χ4v) is 4.34. The van der Waals surface area contributed by atoms with Gasteiger partial charge in [-0.05, 0) is 56.2 Å². The first-order chi connectivity index (χ1) is 15.2.